The molecule has 0 radical (unpaired) electrons. The molecule has 152 valence electrons. The number of carboxylic acids is 1. The lowest BCUT2D eigenvalue weighted by Gasteiger charge is -2.57. The van der Waals surface area contributed by atoms with Crippen molar-refractivity contribution in [3.05, 3.63) is 65.7 Å². The number of rotatable bonds is 4. The first-order valence-electron chi connectivity index (χ1n) is 11.2. The van der Waals surface area contributed by atoms with Crippen LogP contribution in [0, 0.1) is 17.8 Å². The maximum Gasteiger partial charge on any atom is 0.328 e. The number of aliphatic carboxylic acids is 1. The Morgan fingerprint density at radius 2 is 1.60 bits per heavy atom. The number of nitrogens with one attached hydrogen (secondary N) is 1. The van der Waals surface area contributed by atoms with Gasteiger partial charge < -0.3 is 10.1 Å². The maximum atomic E-state index is 10.8. The summed E-state index contributed by atoms with van der Waals surface area (Å²) in [5, 5.41) is 9.94. The van der Waals surface area contributed by atoms with Gasteiger partial charge in [0.25, 0.3) is 0 Å². The summed E-state index contributed by atoms with van der Waals surface area (Å²) < 4.78 is 0. The lowest BCUT2D eigenvalue weighted by molar-refractivity contribution is -0.131. The molecule has 4 saturated carbocycles. The van der Waals surface area contributed by atoms with Crippen molar-refractivity contribution in [1.82, 2.24) is 4.98 Å². The van der Waals surface area contributed by atoms with Crippen LogP contribution in [-0.4, -0.2) is 16.1 Å². The van der Waals surface area contributed by atoms with E-state index in [0.29, 0.717) is 5.41 Å². The average Bonchev–Trinajstić information content (AvgIpc) is 3.15. The molecule has 1 heterocycles. The summed E-state index contributed by atoms with van der Waals surface area (Å²) >= 11 is 0. The van der Waals surface area contributed by atoms with E-state index >= 15 is 0 Å². The van der Waals surface area contributed by atoms with Crippen molar-refractivity contribution in [1.29, 1.82) is 0 Å². The second kappa shape index (κ2) is 6.60. The molecule has 0 amide bonds. The van der Waals surface area contributed by atoms with E-state index in [9.17, 15) is 4.79 Å². The van der Waals surface area contributed by atoms with Crippen LogP contribution in [0.25, 0.3) is 28.2 Å². The van der Waals surface area contributed by atoms with Crippen LogP contribution in [-0.2, 0) is 10.2 Å². The van der Waals surface area contributed by atoms with Crippen molar-refractivity contribution in [3.8, 4) is 11.3 Å². The molecule has 4 aliphatic carbocycles. The average molecular weight is 398 g/mol. The minimum Gasteiger partial charge on any atom is -0.478 e. The molecule has 4 fully saturated rings. The molecule has 0 saturated heterocycles. The van der Waals surface area contributed by atoms with Crippen LogP contribution in [0.15, 0.2) is 54.6 Å². The first-order valence-corrected chi connectivity index (χ1v) is 11.2. The first-order chi connectivity index (χ1) is 14.6. The zero-order chi connectivity index (χ0) is 20.3. The number of hydrogen-bond donors (Lipinski definition) is 2. The predicted molar refractivity (Wildman–Crippen MR) is 120 cm³/mol. The highest BCUT2D eigenvalue weighted by Gasteiger charge is 2.51. The van der Waals surface area contributed by atoms with Crippen LogP contribution in [0.1, 0.15) is 49.7 Å². The van der Waals surface area contributed by atoms with Gasteiger partial charge in [-0.05, 0) is 103 Å². The Balaban J connectivity index is 1.29. The number of benzene rings is 2. The molecule has 0 atom stereocenters. The molecule has 1 aromatic heterocycles. The summed E-state index contributed by atoms with van der Waals surface area (Å²) in [5.41, 5.74) is 6.29. The summed E-state index contributed by atoms with van der Waals surface area (Å²) in [4.78, 5) is 14.3. The predicted octanol–water partition coefficient (Wildman–Crippen LogP) is 6.40. The van der Waals surface area contributed by atoms with E-state index in [1.54, 1.807) is 11.6 Å². The van der Waals surface area contributed by atoms with Crippen molar-refractivity contribution in [2.24, 2.45) is 17.8 Å². The van der Waals surface area contributed by atoms with E-state index in [1.165, 1.54) is 50.2 Å². The second-order valence-corrected chi connectivity index (χ2v) is 9.98. The SMILES string of the molecule is O=C(O)/C=C/c1ccc2[nH]c(-c3ccc(C45CC6CC(CC(C6)C4)C5)cc3)cc2c1. The van der Waals surface area contributed by atoms with E-state index in [-0.39, 0.29) is 0 Å². The number of carboxylic acid groups (broad SMARTS) is 1. The van der Waals surface area contributed by atoms with Gasteiger partial charge in [0.15, 0.2) is 0 Å². The third kappa shape index (κ3) is 2.99. The van der Waals surface area contributed by atoms with Crippen LogP contribution < -0.4 is 0 Å². The number of aromatic nitrogens is 1. The van der Waals surface area contributed by atoms with Gasteiger partial charge in [0.05, 0.1) is 0 Å². The van der Waals surface area contributed by atoms with Crippen LogP contribution in [0.5, 0.6) is 0 Å². The summed E-state index contributed by atoms with van der Waals surface area (Å²) in [6, 6.07) is 17.5. The molecule has 0 aliphatic heterocycles. The van der Waals surface area contributed by atoms with E-state index < -0.39 is 5.97 Å². The molecule has 0 spiro atoms. The second-order valence-electron chi connectivity index (χ2n) is 9.98. The summed E-state index contributed by atoms with van der Waals surface area (Å²) in [6.07, 6.45) is 11.5. The van der Waals surface area contributed by atoms with Crippen LogP contribution in [0.2, 0.25) is 0 Å². The van der Waals surface area contributed by atoms with Crippen molar-refractivity contribution in [3.63, 3.8) is 0 Å². The Kier molecular flexibility index (Phi) is 3.96. The highest BCUT2D eigenvalue weighted by atomic mass is 16.4. The topological polar surface area (TPSA) is 53.1 Å². The number of aromatic amines is 1. The van der Waals surface area contributed by atoms with Gasteiger partial charge in [-0.2, -0.15) is 0 Å². The maximum absolute atomic E-state index is 10.8. The molecule has 3 heteroatoms. The van der Waals surface area contributed by atoms with Crippen molar-refractivity contribution >= 4 is 22.9 Å². The number of H-pyrrole nitrogens is 1. The molecule has 4 aliphatic rings. The standard InChI is InChI=1S/C27H27NO2/c29-26(30)8-2-17-1-7-24-22(12-17)13-25(28-24)21-3-5-23(6-4-21)27-14-18-9-19(15-27)11-20(10-18)16-27/h1-8,12-13,18-20,28H,9-11,14-16H2,(H,29,30)/b8-2+. The molecule has 7 rings (SSSR count). The van der Waals surface area contributed by atoms with E-state index in [0.717, 1.165) is 39.9 Å². The molecular formula is C27H27NO2. The third-order valence-electron chi connectivity index (χ3n) is 7.91. The normalized spacial score (nSPS) is 29.8. The Bertz CT molecular complexity index is 1120. The first kappa shape index (κ1) is 18.0. The summed E-state index contributed by atoms with van der Waals surface area (Å²) in [7, 11) is 0. The fourth-order valence-electron chi connectivity index (χ4n) is 7.05. The quantitative estimate of drug-likeness (QED) is 0.500. The van der Waals surface area contributed by atoms with Crippen molar-refractivity contribution in [2.45, 2.75) is 43.9 Å². The largest absolute Gasteiger partial charge is 0.478 e. The van der Waals surface area contributed by atoms with Crippen LogP contribution >= 0.6 is 0 Å². The van der Waals surface area contributed by atoms with Gasteiger partial charge in [-0.1, -0.05) is 30.3 Å². The van der Waals surface area contributed by atoms with E-state index in [1.807, 2.05) is 18.2 Å². The molecule has 2 aromatic carbocycles. The van der Waals surface area contributed by atoms with Gasteiger partial charge in [-0.25, -0.2) is 4.79 Å². The molecular weight excluding hydrogens is 370 g/mol. The zero-order valence-corrected chi connectivity index (χ0v) is 17.1. The number of carbonyl (C=O) groups is 1. The minimum atomic E-state index is -0.927. The molecule has 4 bridgehead atoms. The summed E-state index contributed by atoms with van der Waals surface area (Å²) in [6.45, 7) is 0. The highest BCUT2D eigenvalue weighted by Crippen LogP contribution is 2.60. The van der Waals surface area contributed by atoms with Gasteiger partial charge in [-0.15, -0.1) is 0 Å². The van der Waals surface area contributed by atoms with Gasteiger partial charge in [0.1, 0.15) is 0 Å². The fraction of sp³-hybridized carbons (Fsp3) is 0.370. The van der Waals surface area contributed by atoms with Gasteiger partial charge in [0, 0.05) is 22.7 Å². The smallest absolute Gasteiger partial charge is 0.328 e. The van der Waals surface area contributed by atoms with Crippen LogP contribution in [0.3, 0.4) is 0 Å². The van der Waals surface area contributed by atoms with Gasteiger partial charge in [0.2, 0.25) is 0 Å². The van der Waals surface area contributed by atoms with Crippen molar-refractivity contribution < 1.29 is 9.90 Å². The number of hydrogen-bond acceptors (Lipinski definition) is 1. The Hall–Kier alpha value is -2.81. The fourth-order valence-corrected chi connectivity index (χ4v) is 7.05. The lowest BCUT2D eigenvalue weighted by atomic mass is 9.48. The number of fused-ring (bicyclic) bond motifs is 1. The summed E-state index contributed by atoms with van der Waals surface area (Å²) in [5.74, 6) is 1.97. The zero-order valence-electron chi connectivity index (χ0n) is 17.1. The molecule has 3 aromatic rings. The van der Waals surface area contributed by atoms with Crippen LogP contribution in [0.4, 0.5) is 0 Å². The van der Waals surface area contributed by atoms with E-state index in [4.69, 9.17) is 5.11 Å². The minimum absolute atomic E-state index is 0.444. The van der Waals surface area contributed by atoms with Gasteiger partial charge >= 0.3 is 5.97 Å². The van der Waals surface area contributed by atoms with E-state index in [2.05, 4.69) is 35.3 Å². The lowest BCUT2D eigenvalue weighted by Crippen LogP contribution is -2.48. The third-order valence-corrected chi connectivity index (χ3v) is 7.91. The van der Waals surface area contributed by atoms with Gasteiger partial charge in [-0.3, -0.25) is 0 Å². The molecule has 2 N–H and O–H groups in total. The Morgan fingerprint density at radius 1 is 0.933 bits per heavy atom. The monoisotopic (exact) mass is 397 g/mol. The Morgan fingerprint density at radius 3 is 2.23 bits per heavy atom. The van der Waals surface area contributed by atoms with Crippen molar-refractivity contribution in [2.75, 3.05) is 0 Å². The molecule has 0 unspecified atom stereocenters. The molecule has 3 nitrogen and oxygen atoms in total. The Labute approximate surface area is 176 Å². The molecule has 30 heavy (non-hydrogen) atoms. The highest BCUT2D eigenvalue weighted by molar-refractivity contribution is 5.90.